The number of rotatable bonds is 3. The van der Waals surface area contributed by atoms with Gasteiger partial charge in [-0.05, 0) is 25.3 Å². The minimum absolute atomic E-state index is 0.143. The smallest absolute Gasteiger partial charge is 0.217 e. The third-order valence-electron chi connectivity index (χ3n) is 5.07. The zero-order chi connectivity index (χ0) is 16.3. The molecule has 8 heteroatoms. The number of H-pyrrole nitrogens is 1. The fourth-order valence-electron chi connectivity index (χ4n) is 3.67. The number of hydrogen-bond acceptors (Lipinski definition) is 5. The molecule has 1 saturated heterocycles. The van der Waals surface area contributed by atoms with Crippen molar-refractivity contribution in [3.05, 3.63) is 30.5 Å². The normalized spacial score (nSPS) is 22.6. The lowest BCUT2D eigenvalue weighted by Crippen LogP contribution is -2.31. The molecular formula is C16H17N5O2S. The second-order valence-electron chi connectivity index (χ2n) is 6.60. The van der Waals surface area contributed by atoms with Gasteiger partial charge in [0.1, 0.15) is 0 Å². The summed E-state index contributed by atoms with van der Waals surface area (Å²) in [7, 11) is -3.11. The lowest BCUT2D eigenvalue weighted by atomic mass is 9.99. The van der Waals surface area contributed by atoms with E-state index in [-0.39, 0.29) is 11.2 Å². The molecule has 0 amide bonds. The van der Waals surface area contributed by atoms with E-state index in [1.807, 2.05) is 6.07 Å². The quantitative estimate of drug-likeness (QED) is 0.783. The minimum atomic E-state index is -3.11. The Bertz CT molecular complexity index is 1040. The van der Waals surface area contributed by atoms with Crippen LogP contribution in [0.15, 0.2) is 24.8 Å². The summed E-state index contributed by atoms with van der Waals surface area (Å²) in [5, 5.41) is 1.83. The Balaban J connectivity index is 1.59. The highest BCUT2D eigenvalue weighted by Crippen LogP contribution is 2.38. The minimum Gasteiger partial charge on any atom is -0.349 e. The van der Waals surface area contributed by atoms with Gasteiger partial charge in [0.05, 0.1) is 23.3 Å². The molecule has 5 rings (SSSR count). The van der Waals surface area contributed by atoms with Gasteiger partial charge in [0.15, 0.2) is 5.65 Å². The number of hydrogen-bond donors (Lipinski definition) is 1. The monoisotopic (exact) mass is 343 g/mol. The molecule has 3 aromatic heterocycles. The van der Waals surface area contributed by atoms with Gasteiger partial charge >= 0.3 is 0 Å². The summed E-state index contributed by atoms with van der Waals surface area (Å²) in [6, 6.07) is 1.94. The van der Waals surface area contributed by atoms with E-state index in [0.717, 1.165) is 41.2 Å². The molecule has 4 heterocycles. The van der Waals surface area contributed by atoms with Gasteiger partial charge < -0.3 is 4.98 Å². The number of fused-ring (bicyclic) bond motifs is 3. The van der Waals surface area contributed by atoms with Gasteiger partial charge in [-0.2, -0.15) is 0 Å². The van der Waals surface area contributed by atoms with Crippen LogP contribution in [-0.4, -0.2) is 51.0 Å². The molecule has 2 fully saturated rings. The summed E-state index contributed by atoms with van der Waals surface area (Å²) in [5.74, 6) is 0.143. The third-order valence-corrected chi connectivity index (χ3v) is 7.44. The number of aromatic amines is 1. The van der Waals surface area contributed by atoms with Gasteiger partial charge in [0.25, 0.3) is 0 Å². The van der Waals surface area contributed by atoms with Crippen LogP contribution in [0.1, 0.15) is 30.9 Å². The highest BCUT2D eigenvalue weighted by Gasteiger charge is 2.43. The summed E-state index contributed by atoms with van der Waals surface area (Å²) in [5.41, 5.74) is 2.55. The zero-order valence-electron chi connectivity index (χ0n) is 13.0. The van der Waals surface area contributed by atoms with Crippen molar-refractivity contribution >= 4 is 32.0 Å². The second-order valence-corrected chi connectivity index (χ2v) is 8.82. The van der Waals surface area contributed by atoms with Crippen LogP contribution >= 0.6 is 0 Å². The molecule has 1 aliphatic heterocycles. The van der Waals surface area contributed by atoms with Crippen LogP contribution in [0.2, 0.25) is 0 Å². The molecule has 2 aliphatic rings. The molecular weight excluding hydrogens is 326 g/mol. The lowest BCUT2D eigenvalue weighted by molar-refractivity contribution is 0.471. The first kappa shape index (κ1) is 14.3. The predicted octanol–water partition coefficient (Wildman–Crippen LogP) is 1.79. The van der Waals surface area contributed by atoms with Crippen molar-refractivity contribution in [2.45, 2.75) is 30.4 Å². The average molecular weight is 343 g/mol. The van der Waals surface area contributed by atoms with Crippen LogP contribution in [-0.2, 0) is 10.0 Å². The van der Waals surface area contributed by atoms with Gasteiger partial charge in [-0.3, -0.25) is 0 Å². The lowest BCUT2D eigenvalue weighted by Gasteiger charge is -2.17. The molecule has 1 atom stereocenters. The largest absolute Gasteiger partial charge is 0.349 e. The summed E-state index contributed by atoms with van der Waals surface area (Å²) < 4.78 is 26.6. The first-order chi connectivity index (χ1) is 11.6. The van der Waals surface area contributed by atoms with E-state index >= 15 is 0 Å². The Morgan fingerprint density at radius 2 is 2.04 bits per heavy atom. The SMILES string of the molecule is O=S(=O)(C1CC1)N1CCC(c2[nH]cnc3cnc4nccc4c23)C1. The molecule has 3 aromatic rings. The highest BCUT2D eigenvalue weighted by molar-refractivity contribution is 7.90. The van der Waals surface area contributed by atoms with Crippen LogP contribution in [0.25, 0.3) is 21.9 Å². The highest BCUT2D eigenvalue weighted by atomic mass is 32.2. The molecule has 0 radical (unpaired) electrons. The van der Waals surface area contributed by atoms with Gasteiger partial charge in [0, 0.05) is 41.7 Å². The van der Waals surface area contributed by atoms with Crippen molar-refractivity contribution in [3.63, 3.8) is 0 Å². The molecule has 1 N–H and O–H groups in total. The topological polar surface area (TPSA) is 91.8 Å². The molecule has 7 nitrogen and oxygen atoms in total. The number of nitrogens with one attached hydrogen (secondary N) is 1. The first-order valence-corrected chi connectivity index (χ1v) is 9.70. The molecule has 0 spiro atoms. The van der Waals surface area contributed by atoms with Crippen molar-refractivity contribution in [2.75, 3.05) is 13.1 Å². The summed E-state index contributed by atoms with van der Waals surface area (Å²) in [4.78, 5) is 16.2. The van der Waals surface area contributed by atoms with Crippen molar-refractivity contribution in [3.8, 4) is 0 Å². The summed E-state index contributed by atoms with van der Waals surface area (Å²) >= 11 is 0. The van der Waals surface area contributed by atoms with Crippen LogP contribution < -0.4 is 0 Å². The molecule has 1 aliphatic carbocycles. The summed E-state index contributed by atoms with van der Waals surface area (Å²) in [6.07, 6.45) is 7.57. The number of nitrogens with zero attached hydrogens (tertiary/aromatic N) is 4. The fraction of sp³-hybridized carbons (Fsp3) is 0.438. The van der Waals surface area contributed by atoms with Gasteiger partial charge in [-0.1, -0.05) is 0 Å². The number of aromatic nitrogens is 4. The van der Waals surface area contributed by atoms with Gasteiger partial charge in [-0.25, -0.2) is 27.7 Å². The van der Waals surface area contributed by atoms with E-state index in [0.29, 0.717) is 18.7 Å². The number of pyridine rings is 1. The van der Waals surface area contributed by atoms with E-state index in [1.165, 1.54) is 0 Å². The van der Waals surface area contributed by atoms with Gasteiger partial charge in [0.2, 0.25) is 10.0 Å². The standard InChI is InChI=1S/C16H17N5O2S/c22-24(23,11-1-2-11)21-6-4-10(8-21)15-14-12-3-5-17-16(12)18-7-13(14)19-9-20-15/h3,5,7,9-11H,1-2,4,6,8H2,(H,19,20). The van der Waals surface area contributed by atoms with Crippen molar-refractivity contribution < 1.29 is 8.42 Å². The fourth-order valence-corrected chi connectivity index (χ4v) is 5.57. The number of sulfonamides is 1. The predicted molar refractivity (Wildman–Crippen MR) is 90.1 cm³/mol. The van der Waals surface area contributed by atoms with E-state index in [2.05, 4.69) is 19.9 Å². The maximum absolute atomic E-state index is 12.5. The second kappa shape index (κ2) is 4.97. The molecule has 124 valence electrons. The van der Waals surface area contributed by atoms with Crippen molar-refractivity contribution in [1.82, 2.24) is 24.2 Å². The van der Waals surface area contributed by atoms with Crippen molar-refractivity contribution in [2.24, 2.45) is 0 Å². The Labute approximate surface area is 139 Å². The Morgan fingerprint density at radius 3 is 2.88 bits per heavy atom. The molecule has 0 bridgehead atoms. The Hall–Kier alpha value is -2.06. The van der Waals surface area contributed by atoms with E-state index in [9.17, 15) is 8.42 Å². The first-order valence-electron chi connectivity index (χ1n) is 8.20. The zero-order valence-corrected chi connectivity index (χ0v) is 13.8. The van der Waals surface area contributed by atoms with Crippen LogP contribution in [0, 0.1) is 0 Å². The van der Waals surface area contributed by atoms with Crippen LogP contribution in [0.4, 0.5) is 0 Å². The third kappa shape index (κ3) is 2.06. The maximum Gasteiger partial charge on any atom is 0.217 e. The van der Waals surface area contributed by atoms with E-state index in [1.54, 1.807) is 23.0 Å². The summed E-state index contributed by atoms with van der Waals surface area (Å²) in [6.45, 7) is 1.13. The van der Waals surface area contributed by atoms with E-state index in [4.69, 9.17) is 0 Å². The van der Waals surface area contributed by atoms with Gasteiger partial charge in [-0.15, -0.1) is 0 Å². The molecule has 24 heavy (non-hydrogen) atoms. The average Bonchev–Trinajstić information content (AvgIpc) is 3.15. The van der Waals surface area contributed by atoms with Crippen molar-refractivity contribution in [1.29, 1.82) is 0 Å². The molecule has 1 unspecified atom stereocenters. The van der Waals surface area contributed by atoms with Crippen LogP contribution in [0.5, 0.6) is 0 Å². The van der Waals surface area contributed by atoms with E-state index < -0.39 is 10.0 Å². The Kier molecular flexibility index (Phi) is 2.96. The Morgan fingerprint density at radius 1 is 1.17 bits per heavy atom. The van der Waals surface area contributed by atoms with Crippen LogP contribution in [0.3, 0.4) is 0 Å². The molecule has 1 saturated carbocycles. The molecule has 0 aromatic carbocycles. The maximum atomic E-state index is 12.5.